The maximum absolute atomic E-state index is 13.0. The van der Waals surface area contributed by atoms with E-state index in [0.717, 1.165) is 29.8 Å². The smallest absolute Gasteiger partial charge is 0.339 e. The molecule has 0 atom stereocenters. The van der Waals surface area contributed by atoms with E-state index in [1.807, 2.05) is 30.3 Å². The van der Waals surface area contributed by atoms with Crippen molar-refractivity contribution in [2.24, 2.45) is 5.10 Å². The predicted octanol–water partition coefficient (Wildman–Crippen LogP) is 3.29. The Labute approximate surface area is 167 Å². The van der Waals surface area contributed by atoms with E-state index in [9.17, 15) is 17.6 Å². The monoisotopic (exact) mass is 412 g/mol. The molecule has 0 saturated carbocycles. The summed E-state index contributed by atoms with van der Waals surface area (Å²) in [6.07, 6.45) is 1.45. The first-order valence-corrected chi connectivity index (χ1v) is 10.00. The minimum Gasteiger partial charge on any atom is -0.378 e. The van der Waals surface area contributed by atoms with E-state index in [1.165, 1.54) is 12.3 Å². The quantitative estimate of drug-likeness (QED) is 0.367. The Morgan fingerprint density at radius 2 is 1.62 bits per heavy atom. The molecule has 148 valence electrons. The topological polar surface area (TPSA) is 84.8 Å². The van der Waals surface area contributed by atoms with Crippen LogP contribution >= 0.6 is 0 Å². The summed E-state index contributed by atoms with van der Waals surface area (Å²) in [6.45, 7) is 0. The molecule has 0 aromatic heterocycles. The lowest BCUT2D eigenvalue weighted by molar-refractivity contribution is -0.120. The van der Waals surface area contributed by atoms with Gasteiger partial charge in [0.15, 0.2) is 5.75 Å². The fourth-order valence-electron chi connectivity index (χ4n) is 2.43. The van der Waals surface area contributed by atoms with Crippen LogP contribution in [-0.4, -0.2) is 20.5 Å². The molecule has 0 radical (unpaired) electrons. The van der Waals surface area contributed by atoms with Crippen molar-refractivity contribution in [3.63, 3.8) is 0 Å². The summed E-state index contributed by atoms with van der Waals surface area (Å²) in [4.78, 5) is 11.8. The molecule has 0 saturated heterocycles. The van der Waals surface area contributed by atoms with Crippen molar-refractivity contribution >= 4 is 22.2 Å². The van der Waals surface area contributed by atoms with Crippen molar-refractivity contribution in [2.75, 3.05) is 0 Å². The third-order valence-corrected chi connectivity index (χ3v) is 5.07. The zero-order chi connectivity index (χ0) is 20.7. The van der Waals surface area contributed by atoms with Gasteiger partial charge in [0.2, 0.25) is 5.91 Å². The van der Waals surface area contributed by atoms with E-state index in [4.69, 9.17) is 4.18 Å². The first-order valence-electron chi connectivity index (χ1n) is 8.59. The molecule has 8 heteroatoms. The third-order valence-electron chi connectivity index (χ3n) is 3.82. The van der Waals surface area contributed by atoms with Gasteiger partial charge < -0.3 is 4.18 Å². The second-order valence-corrected chi connectivity index (χ2v) is 7.53. The molecule has 3 aromatic rings. The maximum Gasteiger partial charge on any atom is 0.339 e. The highest BCUT2D eigenvalue weighted by atomic mass is 32.2. The summed E-state index contributed by atoms with van der Waals surface area (Å²) in [5.74, 6) is -0.842. The van der Waals surface area contributed by atoms with Crippen LogP contribution in [0.15, 0.2) is 88.9 Å². The highest BCUT2D eigenvalue weighted by Crippen LogP contribution is 2.22. The van der Waals surface area contributed by atoms with Crippen LogP contribution in [0, 0.1) is 5.82 Å². The van der Waals surface area contributed by atoms with Gasteiger partial charge in [-0.25, -0.2) is 9.82 Å². The van der Waals surface area contributed by atoms with E-state index >= 15 is 0 Å². The van der Waals surface area contributed by atoms with Crippen LogP contribution < -0.4 is 9.61 Å². The van der Waals surface area contributed by atoms with Gasteiger partial charge >= 0.3 is 10.1 Å². The summed E-state index contributed by atoms with van der Waals surface area (Å²) in [5, 5.41) is 3.86. The van der Waals surface area contributed by atoms with Gasteiger partial charge in [-0.2, -0.15) is 13.5 Å². The molecule has 0 aliphatic heterocycles. The molecule has 0 spiro atoms. The van der Waals surface area contributed by atoms with Gasteiger partial charge in [-0.1, -0.05) is 42.5 Å². The molecule has 0 aliphatic carbocycles. The molecular formula is C21H17FN2O4S. The van der Waals surface area contributed by atoms with Crippen LogP contribution in [0.25, 0.3) is 0 Å². The molecule has 29 heavy (non-hydrogen) atoms. The van der Waals surface area contributed by atoms with E-state index in [2.05, 4.69) is 10.5 Å². The Hall–Kier alpha value is -3.52. The number of benzene rings is 3. The minimum atomic E-state index is -4.15. The number of halogens is 1. The number of amides is 1. The fourth-order valence-corrected chi connectivity index (χ4v) is 3.38. The average molecular weight is 412 g/mol. The summed E-state index contributed by atoms with van der Waals surface area (Å²) in [7, 11) is -4.15. The standard InChI is InChI=1S/C21H17FN2O4S/c22-18-10-12-19(13-11-18)29(26,27)28-20-9-5-4-8-17(20)15-23-24-21(25)14-16-6-2-1-3-7-16/h1-13,15H,14H2,(H,24,25)/b23-15+. The molecule has 0 bridgehead atoms. The van der Waals surface area contributed by atoms with Crippen LogP contribution in [0.4, 0.5) is 4.39 Å². The predicted molar refractivity (Wildman–Crippen MR) is 107 cm³/mol. The Kier molecular flexibility index (Phi) is 6.36. The van der Waals surface area contributed by atoms with Gasteiger partial charge in [0.05, 0.1) is 12.6 Å². The van der Waals surface area contributed by atoms with Crippen LogP contribution in [-0.2, 0) is 21.3 Å². The van der Waals surface area contributed by atoms with E-state index < -0.39 is 15.9 Å². The Bertz CT molecular complexity index is 1110. The van der Waals surface area contributed by atoms with E-state index in [-0.39, 0.29) is 23.0 Å². The Morgan fingerprint density at radius 1 is 0.966 bits per heavy atom. The molecule has 0 fully saturated rings. The summed E-state index contributed by atoms with van der Waals surface area (Å²) in [6, 6.07) is 19.8. The third kappa shape index (κ3) is 5.73. The van der Waals surface area contributed by atoms with Crippen LogP contribution in [0.1, 0.15) is 11.1 Å². The molecule has 3 rings (SSSR count). The molecule has 0 aliphatic rings. The molecule has 1 amide bonds. The Morgan fingerprint density at radius 3 is 2.34 bits per heavy atom. The van der Waals surface area contributed by atoms with Gasteiger partial charge in [-0.3, -0.25) is 4.79 Å². The van der Waals surface area contributed by atoms with E-state index in [0.29, 0.717) is 5.56 Å². The molecule has 6 nitrogen and oxygen atoms in total. The number of hydrazone groups is 1. The number of rotatable bonds is 7. The Balaban J connectivity index is 1.69. The van der Waals surface area contributed by atoms with Gasteiger partial charge in [0, 0.05) is 5.56 Å². The number of nitrogens with one attached hydrogen (secondary N) is 1. The second kappa shape index (κ2) is 9.11. The first-order chi connectivity index (χ1) is 13.9. The summed E-state index contributed by atoms with van der Waals surface area (Å²) in [5.41, 5.74) is 3.58. The van der Waals surface area contributed by atoms with Gasteiger partial charge in [-0.15, -0.1) is 0 Å². The van der Waals surface area contributed by atoms with Crippen molar-refractivity contribution in [1.29, 1.82) is 0 Å². The highest BCUT2D eigenvalue weighted by molar-refractivity contribution is 7.87. The largest absolute Gasteiger partial charge is 0.378 e. The lowest BCUT2D eigenvalue weighted by Crippen LogP contribution is -2.19. The van der Waals surface area contributed by atoms with Gasteiger partial charge in [-0.05, 0) is 42.0 Å². The van der Waals surface area contributed by atoms with Crippen molar-refractivity contribution in [3.05, 3.63) is 95.8 Å². The van der Waals surface area contributed by atoms with Crippen LogP contribution in [0.5, 0.6) is 5.75 Å². The van der Waals surface area contributed by atoms with Crippen molar-refractivity contribution in [2.45, 2.75) is 11.3 Å². The molecule has 3 aromatic carbocycles. The average Bonchev–Trinajstić information content (AvgIpc) is 2.70. The number of nitrogens with zero attached hydrogens (tertiary/aromatic N) is 1. The number of hydrogen-bond acceptors (Lipinski definition) is 5. The van der Waals surface area contributed by atoms with Crippen LogP contribution in [0.3, 0.4) is 0 Å². The van der Waals surface area contributed by atoms with Gasteiger partial charge in [0.25, 0.3) is 0 Å². The summed E-state index contributed by atoms with van der Waals surface area (Å²) < 4.78 is 43.0. The molecular weight excluding hydrogens is 395 g/mol. The highest BCUT2D eigenvalue weighted by Gasteiger charge is 2.18. The van der Waals surface area contributed by atoms with Crippen molar-refractivity contribution in [1.82, 2.24) is 5.43 Å². The SMILES string of the molecule is O=C(Cc1ccccc1)N/N=C/c1ccccc1OS(=O)(=O)c1ccc(F)cc1. The fraction of sp³-hybridized carbons (Fsp3) is 0.0476. The van der Waals surface area contributed by atoms with Crippen molar-refractivity contribution in [3.8, 4) is 5.75 Å². The van der Waals surface area contributed by atoms with Crippen LogP contribution in [0.2, 0.25) is 0 Å². The van der Waals surface area contributed by atoms with Crippen molar-refractivity contribution < 1.29 is 21.8 Å². The zero-order valence-electron chi connectivity index (χ0n) is 15.2. The normalized spacial score (nSPS) is 11.3. The zero-order valence-corrected chi connectivity index (χ0v) is 16.0. The molecule has 0 heterocycles. The maximum atomic E-state index is 13.0. The molecule has 0 unspecified atom stereocenters. The lowest BCUT2D eigenvalue weighted by atomic mass is 10.1. The lowest BCUT2D eigenvalue weighted by Gasteiger charge is -2.09. The first kappa shape index (κ1) is 20.2. The second-order valence-electron chi connectivity index (χ2n) is 5.98. The van der Waals surface area contributed by atoms with E-state index in [1.54, 1.807) is 18.2 Å². The minimum absolute atomic E-state index is 0.0258. The number of carbonyl (C=O) groups excluding carboxylic acids is 1. The number of hydrogen-bond donors (Lipinski definition) is 1. The number of para-hydroxylation sites is 1. The molecule has 1 N–H and O–H groups in total. The van der Waals surface area contributed by atoms with Gasteiger partial charge in [0.1, 0.15) is 10.7 Å². The number of carbonyl (C=O) groups is 1. The summed E-state index contributed by atoms with van der Waals surface area (Å²) >= 11 is 0.